The molecular weight excluding hydrogens is 288 g/mol. The molecule has 5 heteroatoms. The van der Waals surface area contributed by atoms with Crippen molar-refractivity contribution in [1.29, 1.82) is 0 Å². The summed E-state index contributed by atoms with van der Waals surface area (Å²) in [5.74, 6) is 0. The lowest BCUT2D eigenvalue weighted by molar-refractivity contribution is 0.139. The Bertz CT molecular complexity index is 604. The molecule has 0 heterocycles. The van der Waals surface area contributed by atoms with E-state index in [1.807, 2.05) is 30.3 Å². The smallest absolute Gasteiger partial charge is 0.319 e. The first-order valence-electron chi connectivity index (χ1n) is 6.62. The summed E-state index contributed by atoms with van der Waals surface area (Å²) in [5, 5.41) is 16.1. The Balaban J connectivity index is 1.93. The number of carbonyl (C=O) groups excluding carboxylic acids is 1. The van der Waals surface area contributed by atoms with Gasteiger partial charge in [-0.3, -0.25) is 0 Å². The summed E-state index contributed by atoms with van der Waals surface area (Å²) in [6.45, 7) is 1.75. The van der Waals surface area contributed by atoms with E-state index in [4.69, 9.17) is 11.6 Å². The average molecular weight is 305 g/mol. The molecule has 0 aliphatic rings. The van der Waals surface area contributed by atoms with E-state index in [1.54, 1.807) is 31.2 Å². The molecule has 2 rings (SSSR count). The van der Waals surface area contributed by atoms with Gasteiger partial charge in [-0.1, -0.05) is 48.0 Å². The van der Waals surface area contributed by atoms with Crippen LogP contribution >= 0.6 is 11.6 Å². The molecule has 0 saturated carbocycles. The minimum atomic E-state index is -0.767. The lowest BCUT2D eigenvalue weighted by Crippen LogP contribution is -2.39. The first-order chi connectivity index (χ1) is 10.1. The van der Waals surface area contributed by atoms with Crippen LogP contribution in [0.15, 0.2) is 54.6 Å². The number of hydrogen-bond donors (Lipinski definition) is 3. The molecule has 0 saturated heterocycles. The number of benzene rings is 2. The second-order valence-corrected chi connectivity index (χ2v) is 5.19. The minimum absolute atomic E-state index is 0.389. The van der Waals surface area contributed by atoms with Crippen LogP contribution in [-0.2, 0) is 0 Å². The van der Waals surface area contributed by atoms with Gasteiger partial charge in [0, 0.05) is 10.7 Å². The van der Waals surface area contributed by atoms with Crippen LogP contribution in [0.1, 0.15) is 18.6 Å². The summed E-state index contributed by atoms with van der Waals surface area (Å²) >= 11 is 5.85. The van der Waals surface area contributed by atoms with Crippen molar-refractivity contribution >= 4 is 23.3 Å². The molecule has 110 valence electrons. The lowest BCUT2D eigenvalue weighted by Gasteiger charge is -2.20. The van der Waals surface area contributed by atoms with Crippen LogP contribution in [0.25, 0.3) is 0 Å². The predicted octanol–water partition coefficient (Wildman–Crippen LogP) is 3.58. The van der Waals surface area contributed by atoms with Crippen LogP contribution in [0.4, 0.5) is 10.5 Å². The van der Waals surface area contributed by atoms with E-state index in [9.17, 15) is 9.90 Å². The summed E-state index contributed by atoms with van der Waals surface area (Å²) in [7, 11) is 0. The SMILES string of the molecule is C[C@@H](NC(=O)Nc1cccc(Cl)c1)[C@H](O)c1ccccc1. The fourth-order valence-corrected chi connectivity index (χ4v) is 2.15. The van der Waals surface area contributed by atoms with Crippen LogP contribution in [0.5, 0.6) is 0 Å². The molecule has 2 amide bonds. The molecule has 0 aliphatic heterocycles. The molecule has 0 bridgehead atoms. The molecule has 2 aromatic rings. The summed E-state index contributed by atoms with van der Waals surface area (Å²) in [5.41, 5.74) is 1.36. The number of aliphatic hydroxyl groups is 1. The zero-order valence-corrected chi connectivity index (χ0v) is 12.3. The minimum Gasteiger partial charge on any atom is -0.386 e. The highest BCUT2D eigenvalue weighted by Crippen LogP contribution is 2.17. The zero-order chi connectivity index (χ0) is 15.2. The van der Waals surface area contributed by atoms with Crippen molar-refractivity contribution in [2.24, 2.45) is 0 Å². The van der Waals surface area contributed by atoms with Gasteiger partial charge >= 0.3 is 6.03 Å². The van der Waals surface area contributed by atoms with Crippen LogP contribution in [0, 0.1) is 0 Å². The number of anilines is 1. The summed E-state index contributed by atoms with van der Waals surface area (Å²) in [6, 6.07) is 15.3. The Morgan fingerprint density at radius 3 is 2.52 bits per heavy atom. The van der Waals surface area contributed by atoms with Gasteiger partial charge in [0.05, 0.1) is 12.1 Å². The van der Waals surface area contributed by atoms with Gasteiger partial charge in [-0.15, -0.1) is 0 Å². The van der Waals surface area contributed by atoms with Gasteiger partial charge in [-0.2, -0.15) is 0 Å². The summed E-state index contributed by atoms with van der Waals surface area (Å²) in [4.78, 5) is 11.9. The number of halogens is 1. The van der Waals surface area contributed by atoms with E-state index in [1.165, 1.54) is 0 Å². The van der Waals surface area contributed by atoms with Gasteiger partial charge in [-0.25, -0.2) is 4.79 Å². The number of nitrogens with one attached hydrogen (secondary N) is 2. The van der Waals surface area contributed by atoms with Gasteiger partial charge < -0.3 is 15.7 Å². The number of rotatable bonds is 4. The molecule has 4 nitrogen and oxygen atoms in total. The molecular formula is C16H17ClN2O2. The van der Waals surface area contributed by atoms with Crippen molar-refractivity contribution in [2.75, 3.05) is 5.32 Å². The molecule has 21 heavy (non-hydrogen) atoms. The first kappa shape index (κ1) is 15.4. The fourth-order valence-electron chi connectivity index (χ4n) is 1.96. The highest BCUT2D eigenvalue weighted by atomic mass is 35.5. The van der Waals surface area contributed by atoms with Crippen molar-refractivity contribution in [2.45, 2.75) is 19.1 Å². The Morgan fingerprint density at radius 2 is 1.86 bits per heavy atom. The molecule has 3 N–H and O–H groups in total. The largest absolute Gasteiger partial charge is 0.386 e. The molecule has 0 spiro atoms. The maximum atomic E-state index is 11.9. The Hall–Kier alpha value is -2.04. The number of urea groups is 1. The van der Waals surface area contributed by atoms with Gasteiger partial charge in [0.15, 0.2) is 0 Å². The Kier molecular flexibility index (Phi) is 5.20. The Morgan fingerprint density at radius 1 is 1.14 bits per heavy atom. The van der Waals surface area contributed by atoms with E-state index in [0.29, 0.717) is 10.7 Å². The highest BCUT2D eigenvalue weighted by molar-refractivity contribution is 6.30. The van der Waals surface area contributed by atoms with Crippen LogP contribution in [0.2, 0.25) is 5.02 Å². The average Bonchev–Trinajstić information content (AvgIpc) is 2.47. The standard InChI is InChI=1S/C16H17ClN2O2/c1-11(15(20)12-6-3-2-4-7-12)18-16(21)19-14-9-5-8-13(17)10-14/h2-11,15,20H,1H3,(H2,18,19,21)/t11-,15+/m1/s1. The molecule has 2 atom stereocenters. The fraction of sp³-hybridized carbons (Fsp3) is 0.188. The van der Waals surface area contributed by atoms with Crippen LogP contribution in [-0.4, -0.2) is 17.2 Å². The number of carbonyl (C=O) groups is 1. The third-order valence-corrected chi connectivity index (χ3v) is 3.29. The lowest BCUT2D eigenvalue weighted by atomic mass is 10.0. The third-order valence-electron chi connectivity index (χ3n) is 3.06. The van der Waals surface area contributed by atoms with Crippen molar-refractivity contribution in [1.82, 2.24) is 5.32 Å². The molecule has 0 aliphatic carbocycles. The number of amides is 2. The van der Waals surface area contributed by atoms with E-state index in [2.05, 4.69) is 10.6 Å². The van der Waals surface area contributed by atoms with E-state index >= 15 is 0 Å². The molecule has 0 radical (unpaired) electrons. The monoisotopic (exact) mass is 304 g/mol. The van der Waals surface area contributed by atoms with Crippen LogP contribution in [0.3, 0.4) is 0 Å². The van der Waals surface area contributed by atoms with E-state index < -0.39 is 12.1 Å². The molecule has 0 aromatic heterocycles. The van der Waals surface area contributed by atoms with Gasteiger partial charge in [0.1, 0.15) is 0 Å². The normalized spacial score (nSPS) is 13.3. The topological polar surface area (TPSA) is 61.4 Å². The second kappa shape index (κ2) is 7.11. The van der Waals surface area contributed by atoms with Crippen molar-refractivity contribution in [3.05, 3.63) is 65.2 Å². The van der Waals surface area contributed by atoms with Gasteiger partial charge in [0.25, 0.3) is 0 Å². The number of aliphatic hydroxyl groups excluding tert-OH is 1. The van der Waals surface area contributed by atoms with E-state index in [-0.39, 0.29) is 6.03 Å². The van der Waals surface area contributed by atoms with Crippen molar-refractivity contribution in [3.8, 4) is 0 Å². The summed E-state index contributed by atoms with van der Waals surface area (Å²) < 4.78 is 0. The van der Waals surface area contributed by atoms with E-state index in [0.717, 1.165) is 5.56 Å². The van der Waals surface area contributed by atoms with Gasteiger partial charge in [0.2, 0.25) is 0 Å². The Labute approximate surface area is 128 Å². The summed E-state index contributed by atoms with van der Waals surface area (Å²) in [6.07, 6.45) is -0.767. The molecule has 0 fully saturated rings. The molecule has 2 aromatic carbocycles. The van der Waals surface area contributed by atoms with Crippen molar-refractivity contribution in [3.63, 3.8) is 0 Å². The predicted molar refractivity (Wildman–Crippen MR) is 84.5 cm³/mol. The van der Waals surface area contributed by atoms with Crippen molar-refractivity contribution < 1.29 is 9.90 Å². The second-order valence-electron chi connectivity index (χ2n) is 4.75. The van der Waals surface area contributed by atoms with Gasteiger partial charge in [-0.05, 0) is 30.7 Å². The quantitative estimate of drug-likeness (QED) is 0.808. The number of hydrogen-bond acceptors (Lipinski definition) is 2. The first-order valence-corrected chi connectivity index (χ1v) is 7.00. The third kappa shape index (κ3) is 4.48. The molecule has 0 unspecified atom stereocenters. The highest BCUT2D eigenvalue weighted by Gasteiger charge is 2.18. The van der Waals surface area contributed by atoms with Crippen LogP contribution < -0.4 is 10.6 Å². The maximum absolute atomic E-state index is 11.9. The zero-order valence-electron chi connectivity index (χ0n) is 11.6. The maximum Gasteiger partial charge on any atom is 0.319 e.